The van der Waals surface area contributed by atoms with Gasteiger partial charge in [-0.1, -0.05) is 12.1 Å². The zero-order chi connectivity index (χ0) is 25.1. The molecule has 8 nitrogen and oxygen atoms in total. The fourth-order valence-corrected chi connectivity index (χ4v) is 5.01. The minimum Gasteiger partial charge on any atom is -0.497 e. The Labute approximate surface area is 211 Å². The highest BCUT2D eigenvalue weighted by Gasteiger charge is 2.28. The summed E-state index contributed by atoms with van der Waals surface area (Å²) in [6.45, 7) is 2.07. The standard InChI is InChI=1S/C28H32N4O4/c1-35-23-15-21(16-24(17-23)36-2)28(34)31-12-9-19(10-13-31)27(33)29-22-7-5-6-20(14-22)25-18-32-11-4-3-8-26(32)30-25/h5-7,14-19H,3-4,8-13H2,1-2H3,(H,29,33). The Hall–Kier alpha value is -3.81. The topological polar surface area (TPSA) is 85.7 Å². The van der Waals surface area contributed by atoms with Gasteiger partial charge < -0.3 is 24.3 Å². The molecule has 3 heterocycles. The van der Waals surface area contributed by atoms with Crippen LogP contribution >= 0.6 is 0 Å². The predicted octanol–water partition coefficient (Wildman–Crippen LogP) is 4.39. The Morgan fingerprint density at radius 1 is 0.972 bits per heavy atom. The Morgan fingerprint density at radius 3 is 2.42 bits per heavy atom. The maximum atomic E-state index is 13.1. The molecule has 3 aromatic rings. The van der Waals surface area contributed by atoms with Crippen molar-refractivity contribution >= 4 is 17.5 Å². The van der Waals surface area contributed by atoms with Gasteiger partial charge in [0.2, 0.25) is 5.91 Å². The molecule has 2 aliphatic heterocycles. The van der Waals surface area contributed by atoms with Gasteiger partial charge in [-0.2, -0.15) is 0 Å². The van der Waals surface area contributed by atoms with Crippen LogP contribution in [0.1, 0.15) is 41.9 Å². The van der Waals surface area contributed by atoms with Crippen molar-refractivity contribution in [2.24, 2.45) is 5.92 Å². The fourth-order valence-electron chi connectivity index (χ4n) is 5.01. The first kappa shape index (κ1) is 23.9. The molecule has 2 aliphatic rings. The largest absolute Gasteiger partial charge is 0.497 e. The number of nitrogens with zero attached hydrogens (tertiary/aromatic N) is 3. The number of hydrogen-bond donors (Lipinski definition) is 1. The SMILES string of the molecule is COc1cc(OC)cc(C(=O)N2CCC(C(=O)Nc3cccc(-c4cn5c(n4)CCCC5)c3)CC2)c1. The van der Waals surface area contributed by atoms with Crippen LogP contribution in [0, 0.1) is 5.92 Å². The van der Waals surface area contributed by atoms with E-state index in [2.05, 4.69) is 16.1 Å². The van der Waals surface area contributed by atoms with E-state index >= 15 is 0 Å². The highest BCUT2D eigenvalue weighted by molar-refractivity contribution is 5.96. The monoisotopic (exact) mass is 488 g/mol. The highest BCUT2D eigenvalue weighted by atomic mass is 16.5. The van der Waals surface area contributed by atoms with Crippen LogP contribution in [-0.4, -0.2) is 53.6 Å². The highest BCUT2D eigenvalue weighted by Crippen LogP contribution is 2.28. The molecule has 188 valence electrons. The van der Waals surface area contributed by atoms with Crippen molar-refractivity contribution in [1.82, 2.24) is 14.5 Å². The lowest BCUT2D eigenvalue weighted by atomic mass is 9.95. The smallest absolute Gasteiger partial charge is 0.254 e. The molecule has 0 aliphatic carbocycles. The number of anilines is 1. The van der Waals surface area contributed by atoms with E-state index < -0.39 is 0 Å². The molecular formula is C28H32N4O4. The van der Waals surface area contributed by atoms with Gasteiger partial charge >= 0.3 is 0 Å². The molecule has 0 spiro atoms. The number of ether oxygens (including phenoxy) is 2. The lowest BCUT2D eigenvalue weighted by Gasteiger charge is -2.31. The molecule has 1 aromatic heterocycles. The van der Waals surface area contributed by atoms with Crippen LogP contribution in [0.25, 0.3) is 11.3 Å². The molecule has 2 aromatic carbocycles. The number of aromatic nitrogens is 2. The van der Waals surface area contributed by atoms with Gasteiger partial charge in [-0.05, 0) is 49.9 Å². The summed E-state index contributed by atoms with van der Waals surface area (Å²) in [5.41, 5.74) is 3.24. The minimum absolute atomic E-state index is 0.00793. The number of fused-ring (bicyclic) bond motifs is 1. The van der Waals surface area contributed by atoms with Crippen LogP contribution in [0.15, 0.2) is 48.7 Å². The number of benzene rings is 2. The fraction of sp³-hybridized carbons (Fsp3) is 0.393. The molecule has 0 unspecified atom stereocenters. The van der Waals surface area contributed by atoms with E-state index in [9.17, 15) is 9.59 Å². The summed E-state index contributed by atoms with van der Waals surface area (Å²) in [6, 6.07) is 13.0. The van der Waals surface area contributed by atoms with Crippen LogP contribution in [0.4, 0.5) is 5.69 Å². The Kier molecular flexibility index (Phi) is 6.93. The van der Waals surface area contributed by atoms with Gasteiger partial charge in [-0.15, -0.1) is 0 Å². The number of carbonyl (C=O) groups excluding carboxylic acids is 2. The van der Waals surface area contributed by atoms with Crippen molar-refractivity contribution in [2.75, 3.05) is 32.6 Å². The van der Waals surface area contributed by atoms with E-state index in [4.69, 9.17) is 14.5 Å². The van der Waals surface area contributed by atoms with E-state index in [1.165, 1.54) is 12.8 Å². The van der Waals surface area contributed by atoms with Crippen molar-refractivity contribution < 1.29 is 19.1 Å². The van der Waals surface area contributed by atoms with E-state index in [1.807, 2.05) is 24.3 Å². The zero-order valence-electron chi connectivity index (χ0n) is 20.8. The third-order valence-corrected chi connectivity index (χ3v) is 7.09. The average Bonchev–Trinajstić information content (AvgIpc) is 3.37. The lowest BCUT2D eigenvalue weighted by Crippen LogP contribution is -2.41. The first-order chi connectivity index (χ1) is 17.5. The van der Waals surface area contributed by atoms with Crippen LogP contribution < -0.4 is 14.8 Å². The Morgan fingerprint density at radius 2 is 1.72 bits per heavy atom. The maximum absolute atomic E-state index is 13.1. The number of nitrogens with one attached hydrogen (secondary N) is 1. The minimum atomic E-state index is -0.141. The molecule has 2 amide bonds. The van der Waals surface area contributed by atoms with Crippen molar-refractivity contribution in [1.29, 1.82) is 0 Å². The van der Waals surface area contributed by atoms with Gasteiger partial charge in [-0.25, -0.2) is 4.98 Å². The molecule has 0 bridgehead atoms. The molecule has 36 heavy (non-hydrogen) atoms. The molecule has 1 N–H and O–H groups in total. The van der Waals surface area contributed by atoms with Gasteiger partial charge in [0.15, 0.2) is 0 Å². The van der Waals surface area contributed by atoms with Gasteiger partial charge in [0.05, 0.1) is 19.9 Å². The van der Waals surface area contributed by atoms with Crippen LogP contribution in [0.5, 0.6) is 11.5 Å². The number of piperidine rings is 1. The Bertz CT molecular complexity index is 1210. The average molecular weight is 489 g/mol. The van der Waals surface area contributed by atoms with Crippen molar-refractivity contribution in [3.8, 4) is 22.8 Å². The number of aryl methyl sites for hydroxylation is 2. The van der Waals surface area contributed by atoms with Crippen LogP contribution in [0.3, 0.4) is 0 Å². The first-order valence-electron chi connectivity index (χ1n) is 12.5. The third-order valence-electron chi connectivity index (χ3n) is 7.09. The number of amides is 2. The molecular weight excluding hydrogens is 456 g/mol. The molecule has 0 radical (unpaired) electrons. The van der Waals surface area contributed by atoms with Gasteiger partial charge in [-0.3, -0.25) is 9.59 Å². The summed E-state index contributed by atoms with van der Waals surface area (Å²) in [6.07, 6.45) is 6.74. The Balaban J connectivity index is 1.20. The zero-order valence-corrected chi connectivity index (χ0v) is 20.8. The first-order valence-corrected chi connectivity index (χ1v) is 12.5. The number of rotatable bonds is 6. The number of imidazole rings is 1. The number of hydrogen-bond acceptors (Lipinski definition) is 5. The summed E-state index contributed by atoms with van der Waals surface area (Å²) in [4.78, 5) is 32.7. The molecule has 1 saturated heterocycles. The second kappa shape index (κ2) is 10.4. The van der Waals surface area contributed by atoms with Crippen LogP contribution in [-0.2, 0) is 17.8 Å². The second-order valence-corrected chi connectivity index (χ2v) is 9.43. The molecule has 1 fully saturated rings. The van der Waals surface area contributed by atoms with Crippen molar-refractivity contribution in [3.05, 3.63) is 60.0 Å². The quantitative estimate of drug-likeness (QED) is 0.556. The summed E-state index contributed by atoms with van der Waals surface area (Å²) in [7, 11) is 3.12. The van der Waals surface area contributed by atoms with Crippen molar-refractivity contribution in [2.45, 2.75) is 38.6 Å². The van der Waals surface area contributed by atoms with Gasteiger partial charge in [0.25, 0.3) is 5.91 Å². The summed E-state index contributed by atoms with van der Waals surface area (Å²) in [5.74, 6) is 2.06. The van der Waals surface area contributed by atoms with E-state index in [-0.39, 0.29) is 17.7 Å². The van der Waals surface area contributed by atoms with E-state index in [1.54, 1.807) is 37.3 Å². The molecule has 8 heteroatoms. The maximum Gasteiger partial charge on any atom is 0.254 e. The van der Waals surface area contributed by atoms with Gasteiger partial charge in [0.1, 0.15) is 17.3 Å². The normalized spacial score (nSPS) is 15.8. The summed E-state index contributed by atoms with van der Waals surface area (Å²) in [5, 5.41) is 3.08. The van der Waals surface area contributed by atoms with E-state index in [0.29, 0.717) is 43.0 Å². The number of methoxy groups -OCH3 is 2. The third kappa shape index (κ3) is 5.08. The van der Waals surface area contributed by atoms with E-state index in [0.717, 1.165) is 35.7 Å². The predicted molar refractivity (Wildman–Crippen MR) is 137 cm³/mol. The summed E-state index contributed by atoms with van der Waals surface area (Å²) < 4.78 is 12.8. The van der Waals surface area contributed by atoms with Gasteiger partial charge in [0, 0.05) is 61.1 Å². The molecule has 5 rings (SSSR count). The van der Waals surface area contributed by atoms with Crippen LogP contribution in [0.2, 0.25) is 0 Å². The molecule has 0 atom stereocenters. The molecule has 0 saturated carbocycles. The van der Waals surface area contributed by atoms with Crippen molar-refractivity contribution in [3.63, 3.8) is 0 Å². The second-order valence-electron chi connectivity index (χ2n) is 9.43. The number of likely N-dealkylation sites (tertiary alicyclic amines) is 1. The summed E-state index contributed by atoms with van der Waals surface area (Å²) >= 11 is 0. The lowest BCUT2D eigenvalue weighted by molar-refractivity contribution is -0.121. The number of carbonyl (C=O) groups is 2.